The Hall–Kier alpha value is -3.41. The summed E-state index contributed by atoms with van der Waals surface area (Å²) < 4.78 is 16.8. The second kappa shape index (κ2) is 51.2. The second-order valence-electron chi connectivity index (χ2n) is 17.0. The predicted octanol–water partition coefficient (Wildman–Crippen LogP) is 17.2. The Morgan fingerprint density at radius 1 is 0.333 bits per heavy atom. The summed E-state index contributed by atoms with van der Waals surface area (Å²) in [6.07, 6.45) is 65.6. The highest BCUT2D eigenvalue weighted by Gasteiger charge is 2.19. The number of esters is 3. The van der Waals surface area contributed by atoms with Gasteiger partial charge in [0.05, 0.1) is 0 Å². The second-order valence-corrected chi connectivity index (χ2v) is 17.0. The van der Waals surface area contributed by atoms with Gasteiger partial charge in [0.25, 0.3) is 0 Å². The summed E-state index contributed by atoms with van der Waals surface area (Å²) in [6.45, 7) is 6.43. The van der Waals surface area contributed by atoms with Gasteiger partial charge in [-0.1, -0.05) is 189 Å². The summed E-state index contributed by atoms with van der Waals surface area (Å²) in [7, 11) is 0. The first-order valence-electron chi connectivity index (χ1n) is 26.1. The molecule has 0 spiro atoms. The van der Waals surface area contributed by atoms with Crippen molar-refractivity contribution in [2.45, 2.75) is 245 Å². The summed E-state index contributed by atoms with van der Waals surface area (Å²) in [4.78, 5) is 38.0. The van der Waals surface area contributed by atoms with Crippen LogP contribution in [0.1, 0.15) is 239 Å². The minimum absolute atomic E-state index is 0.102. The number of allylic oxidation sites excluding steroid dienone is 14. The number of carbonyl (C=O) groups excluding carboxylic acids is 3. The first-order chi connectivity index (χ1) is 31.0. The number of hydrogen-bond donors (Lipinski definition) is 0. The minimum Gasteiger partial charge on any atom is -0.462 e. The maximum absolute atomic E-state index is 12.8. The summed E-state index contributed by atoms with van der Waals surface area (Å²) in [5.41, 5.74) is 0. The van der Waals surface area contributed by atoms with Gasteiger partial charge in [-0.15, -0.1) is 0 Å². The number of hydrogen-bond acceptors (Lipinski definition) is 6. The van der Waals surface area contributed by atoms with Crippen molar-refractivity contribution >= 4 is 17.9 Å². The zero-order valence-corrected chi connectivity index (χ0v) is 41.1. The van der Waals surface area contributed by atoms with Crippen LogP contribution in [0.15, 0.2) is 85.1 Å². The van der Waals surface area contributed by atoms with Crippen LogP contribution in [0.5, 0.6) is 0 Å². The normalized spacial score (nSPS) is 12.7. The van der Waals surface area contributed by atoms with Crippen molar-refractivity contribution in [2.24, 2.45) is 0 Å². The number of unbranched alkanes of at least 4 members (excludes halogenated alkanes) is 21. The van der Waals surface area contributed by atoms with Crippen LogP contribution in [-0.2, 0) is 28.6 Å². The third-order valence-electron chi connectivity index (χ3n) is 10.9. The van der Waals surface area contributed by atoms with E-state index >= 15 is 0 Å². The standard InChI is InChI=1S/C57H96O6/c1-4-7-10-13-16-19-22-25-28-31-34-37-40-43-46-49-55(58)61-52-54(63-57(60)51-48-45-42-39-36-33-30-27-24-21-18-15-12-9-6-3)53-62-56(59)50-47-44-41-38-35-32-29-26-23-20-17-14-11-8-5-2/h7,10,16,18-19,21,25-30,36,39,54H,4-6,8-9,11-15,17,20,22-24,31-35,37-38,40-53H2,1-3H3/b10-7-,19-16-,21-18-,28-25-,29-26-,30-27-,39-36-/t54-/m1/s1. The van der Waals surface area contributed by atoms with E-state index in [9.17, 15) is 14.4 Å². The van der Waals surface area contributed by atoms with Crippen molar-refractivity contribution < 1.29 is 28.6 Å². The molecule has 0 fully saturated rings. The van der Waals surface area contributed by atoms with Gasteiger partial charge in [-0.05, 0) is 116 Å². The molecule has 0 heterocycles. The number of rotatable bonds is 46. The van der Waals surface area contributed by atoms with Crippen molar-refractivity contribution in [1.82, 2.24) is 0 Å². The fourth-order valence-corrected chi connectivity index (χ4v) is 6.93. The number of ether oxygens (including phenoxy) is 3. The zero-order valence-electron chi connectivity index (χ0n) is 41.1. The van der Waals surface area contributed by atoms with Gasteiger partial charge >= 0.3 is 17.9 Å². The lowest BCUT2D eigenvalue weighted by atomic mass is 10.1. The molecule has 0 bridgehead atoms. The molecule has 63 heavy (non-hydrogen) atoms. The Labute approximate surface area is 388 Å². The first-order valence-corrected chi connectivity index (χ1v) is 26.1. The highest BCUT2D eigenvalue weighted by molar-refractivity contribution is 5.71. The molecule has 0 amide bonds. The Morgan fingerprint density at radius 3 is 1.05 bits per heavy atom. The molecule has 0 saturated heterocycles. The largest absolute Gasteiger partial charge is 0.462 e. The molecule has 0 radical (unpaired) electrons. The predicted molar refractivity (Wildman–Crippen MR) is 270 cm³/mol. The highest BCUT2D eigenvalue weighted by atomic mass is 16.6. The monoisotopic (exact) mass is 877 g/mol. The average Bonchev–Trinajstić information content (AvgIpc) is 3.28. The molecular formula is C57H96O6. The van der Waals surface area contributed by atoms with Crippen molar-refractivity contribution in [2.75, 3.05) is 13.2 Å². The van der Waals surface area contributed by atoms with Crippen LogP contribution in [0.2, 0.25) is 0 Å². The Bertz CT molecular complexity index is 1240. The first kappa shape index (κ1) is 59.6. The molecule has 6 heteroatoms. The molecule has 0 aliphatic rings. The van der Waals surface area contributed by atoms with E-state index in [0.717, 1.165) is 109 Å². The van der Waals surface area contributed by atoms with Crippen LogP contribution in [0.3, 0.4) is 0 Å². The van der Waals surface area contributed by atoms with Gasteiger partial charge in [0, 0.05) is 19.3 Å². The molecule has 0 rings (SSSR count). The van der Waals surface area contributed by atoms with Crippen LogP contribution >= 0.6 is 0 Å². The van der Waals surface area contributed by atoms with Gasteiger partial charge < -0.3 is 14.2 Å². The van der Waals surface area contributed by atoms with Crippen molar-refractivity contribution in [3.8, 4) is 0 Å². The molecule has 0 saturated carbocycles. The fourth-order valence-electron chi connectivity index (χ4n) is 6.93. The van der Waals surface area contributed by atoms with E-state index in [1.54, 1.807) is 0 Å². The molecule has 1 atom stereocenters. The lowest BCUT2D eigenvalue weighted by Crippen LogP contribution is -2.30. The van der Waals surface area contributed by atoms with Crippen molar-refractivity contribution in [3.63, 3.8) is 0 Å². The average molecular weight is 877 g/mol. The van der Waals surface area contributed by atoms with Gasteiger partial charge in [0.2, 0.25) is 0 Å². The molecule has 360 valence electrons. The third-order valence-corrected chi connectivity index (χ3v) is 10.9. The van der Waals surface area contributed by atoms with Crippen LogP contribution in [-0.4, -0.2) is 37.2 Å². The van der Waals surface area contributed by atoms with Crippen molar-refractivity contribution in [1.29, 1.82) is 0 Å². The molecule has 0 N–H and O–H groups in total. The molecular weight excluding hydrogens is 781 g/mol. The van der Waals surface area contributed by atoms with E-state index in [1.807, 2.05) is 0 Å². The topological polar surface area (TPSA) is 78.9 Å². The quantitative estimate of drug-likeness (QED) is 0.0262. The Balaban J connectivity index is 4.49. The van der Waals surface area contributed by atoms with Gasteiger partial charge in [0.1, 0.15) is 13.2 Å². The van der Waals surface area contributed by atoms with E-state index in [4.69, 9.17) is 14.2 Å². The lowest BCUT2D eigenvalue weighted by molar-refractivity contribution is -0.167. The van der Waals surface area contributed by atoms with Gasteiger partial charge in [-0.2, -0.15) is 0 Å². The van der Waals surface area contributed by atoms with Gasteiger partial charge in [-0.25, -0.2) is 0 Å². The van der Waals surface area contributed by atoms with E-state index in [1.165, 1.54) is 83.5 Å². The third kappa shape index (κ3) is 49.5. The van der Waals surface area contributed by atoms with Crippen LogP contribution in [0.4, 0.5) is 0 Å². The minimum atomic E-state index is -0.807. The molecule has 0 unspecified atom stereocenters. The zero-order chi connectivity index (χ0) is 45.8. The SMILES string of the molecule is CC/C=C\C/C=C\C/C=C\CCCCCCCC(=O)OC[C@H](COC(=O)CCCCCCC/C=C\CCCCCCCC)OC(=O)CCCC/C=C\C/C=C\C/C=C\CCCCC. The van der Waals surface area contributed by atoms with E-state index in [-0.39, 0.29) is 37.5 Å². The van der Waals surface area contributed by atoms with E-state index < -0.39 is 6.10 Å². The van der Waals surface area contributed by atoms with Crippen LogP contribution < -0.4 is 0 Å². The van der Waals surface area contributed by atoms with Gasteiger partial charge in [-0.3, -0.25) is 14.4 Å². The molecule has 0 aromatic carbocycles. The van der Waals surface area contributed by atoms with Gasteiger partial charge in [0.15, 0.2) is 6.10 Å². The smallest absolute Gasteiger partial charge is 0.306 e. The molecule has 0 aromatic heterocycles. The Kier molecular flexibility index (Phi) is 48.5. The molecule has 6 nitrogen and oxygen atoms in total. The van der Waals surface area contributed by atoms with Crippen molar-refractivity contribution in [3.05, 3.63) is 85.1 Å². The number of carbonyl (C=O) groups is 3. The lowest BCUT2D eigenvalue weighted by Gasteiger charge is -2.18. The summed E-state index contributed by atoms with van der Waals surface area (Å²) in [5, 5.41) is 0. The van der Waals surface area contributed by atoms with Crippen LogP contribution in [0.25, 0.3) is 0 Å². The highest BCUT2D eigenvalue weighted by Crippen LogP contribution is 2.13. The molecule has 0 aliphatic heterocycles. The fraction of sp³-hybridized carbons (Fsp3) is 0.702. The van der Waals surface area contributed by atoms with Crippen LogP contribution in [0, 0.1) is 0 Å². The molecule has 0 aliphatic carbocycles. The van der Waals surface area contributed by atoms with E-state index in [0.29, 0.717) is 19.3 Å². The summed E-state index contributed by atoms with van der Waals surface area (Å²) in [5.74, 6) is -0.967. The summed E-state index contributed by atoms with van der Waals surface area (Å²) >= 11 is 0. The van der Waals surface area contributed by atoms with E-state index in [2.05, 4.69) is 106 Å². The summed E-state index contributed by atoms with van der Waals surface area (Å²) in [6, 6.07) is 0. The maximum Gasteiger partial charge on any atom is 0.306 e. The maximum atomic E-state index is 12.8. The Morgan fingerprint density at radius 2 is 0.619 bits per heavy atom. The molecule has 0 aromatic rings.